The third-order valence-electron chi connectivity index (χ3n) is 4.88. The Kier molecular flexibility index (Phi) is 7.44. The molecule has 0 aliphatic heterocycles. The molecule has 0 aliphatic carbocycles. The summed E-state index contributed by atoms with van der Waals surface area (Å²) in [5.41, 5.74) is 4.89. The highest BCUT2D eigenvalue weighted by Crippen LogP contribution is 2.26. The maximum absolute atomic E-state index is 12.6. The molecule has 164 valence electrons. The summed E-state index contributed by atoms with van der Waals surface area (Å²) in [6.45, 7) is 6.34. The van der Waals surface area contributed by atoms with E-state index in [2.05, 4.69) is 10.4 Å². The van der Waals surface area contributed by atoms with Crippen molar-refractivity contribution < 1.29 is 13.6 Å². The van der Waals surface area contributed by atoms with Crippen LogP contribution in [0.3, 0.4) is 0 Å². The minimum Gasteiger partial charge on any atom is -0.321 e. The van der Waals surface area contributed by atoms with Crippen LogP contribution >= 0.6 is 11.8 Å². The minimum atomic E-state index is -2.51. The molecule has 1 amide bonds. The molecule has 32 heavy (non-hydrogen) atoms. The molecule has 0 bridgehead atoms. The maximum atomic E-state index is 12.6. The van der Waals surface area contributed by atoms with Crippen LogP contribution in [0.5, 0.6) is 0 Å². The predicted octanol–water partition coefficient (Wildman–Crippen LogP) is 5.72. The molecule has 0 aliphatic rings. The lowest BCUT2D eigenvalue weighted by Gasteiger charge is -2.07. The summed E-state index contributed by atoms with van der Waals surface area (Å²) in [4.78, 5) is 13.0. The van der Waals surface area contributed by atoms with E-state index in [0.717, 1.165) is 11.3 Å². The largest absolute Gasteiger partial charge is 0.321 e. The Morgan fingerprint density at radius 2 is 1.81 bits per heavy atom. The van der Waals surface area contributed by atoms with Crippen molar-refractivity contribution >= 4 is 29.4 Å². The summed E-state index contributed by atoms with van der Waals surface area (Å²) in [6.07, 6.45) is 1.53. The van der Waals surface area contributed by atoms with E-state index in [4.69, 9.17) is 0 Å². The second-order valence-electron chi connectivity index (χ2n) is 7.25. The second kappa shape index (κ2) is 10.2. The number of benzene rings is 2. The van der Waals surface area contributed by atoms with Crippen LogP contribution in [0.25, 0.3) is 6.08 Å². The Labute approximate surface area is 189 Å². The van der Waals surface area contributed by atoms with Gasteiger partial charge in [-0.25, -0.2) is 0 Å². The van der Waals surface area contributed by atoms with Crippen molar-refractivity contribution in [3.05, 3.63) is 82.2 Å². The standard InChI is InChI=1S/C24H22F2N4OS/c1-15-4-6-18(7-5-15)14-30-17(3)22(16(2)29-30)12-19(13-27)23(31)28-20-8-10-21(11-9-20)32-24(25)26/h4-12,24H,14H2,1-3H3,(H,28,31)/b19-12+. The molecule has 3 rings (SSSR count). The number of thioether (sulfide) groups is 1. The van der Waals surface area contributed by atoms with Gasteiger partial charge in [-0.1, -0.05) is 41.6 Å². The number of hydrogen-bond acceptors (Lipinski definition) is 4. The van der Waals surface area contributed by atoms with E-state index >= 15 is 0 Å². The summed E-state index contributed by atoms with van der Waals surface area (Å²) in [5.74, 6) is -3.09. The minimum absolute atomic E-state index is 0.0721. The van der Waals surface area contributed by atoms with E-state index in [9.17, 15) is 18.8 Å². The topological polar surface area (TPSA) is 70.7 Å². The number of rotatable bonds is 7. The predicted molar refractivity (Wildman–Crippen MR) is 123 cm³/mol. The molecule has 1 heterocycles. The second-order valence-corrected chi connectivity index (χ2v) is 8.32. The van der Waals surface area contributed by atoms with Gasteiger partial charge in [0.25, 0.3) is 11.7 Å². The highest BCUT2D eigenvalue weighted by atomic mass is 32.2. The van der Waals surface area contributed by atoms with E-state index in [-0.39, 0.29) is 5.57 Å². The molecule has 5 nitrogen and oxygen atoms in total. The average molecular weight is 453 g/mol. The van der Waals surface area contributed by atoms with Crippen LogP contribution in [0.15, 0.2) is 59.0 Å². The number of nitrogens with zero attached hydrogens (tertiary/aromatic N) is 3. The molecule has 8 heteroatoms. The first kappa shape index (κ1) is 23.2. The van der Waals surface area contributed by atoms with Crippen LogP contribution in [0, 0.1) is 32.1 Å². The Hall–Kier alpha value is -3.44. The first-order chi connectivity index (χ1) is 15.3. The molecule has 3 aromatic rings. The third kappa shape index (κ3) is 5.83. The third-order valence-corrected chi connectivity index (χ3v) is 5.60. The first-order valence-electron chi connectivity index (χ1n) is 9.84. The van der Waals surface area contributed by atoms with Crippen molar-refractivity contribution in [3.63, 3.8) is 0 Å². The highest BCUT2D eigenvalue weighted by Gasteiger charge is 2.15. The highest BCUT2D eigenvalue weighted by molar-refractivity contribution is 7.99. The number of aryl methyl sites for hydroxylation is 2. The van der Waals surface area contributed by atoms with Gasteiger partial charge in [0.1, 0.15) is 11.6 Å². The molecule has 0 fully saturated rings. The molecule has 0 unspecified atom stereocenters. The fourth-order valence-corrected chi connectivity index (χ4v) is 3.65. The van der Waals surface area contributed by atoms with Crippen molar-refractivity contribution in [3.8, 4) is 6.07 Å². The van der Waals surface area contributed by atoms with Gasteiger partial charge in [0, 0.05) is 21.8 Å². The quantitative estimate of drug-likeness (QED) is 0.283. The number of nitrogens with one attached hydrogen (secondary N) is 1. The summed E-state index contributed by atoms with van der Waals surface area (Å²) >= 11 is 0.426. The fourth-order valence-electron chi connectivity index (χ4n) is 3.15. The van der Waals surface area contributed by atoms with Crippen LogP contribution in [-0.2, 0) is 11.3 Å². The molecule has 1 N–H and O–H groups in total. The SMILES string of the molecule is Cc1ccc(Cn2nc(C)c(/C=C(\C#N)C(=O)Nc3ccc(SC(F)F)cc3)c2C)cc1. The van der Waals surface area contributed by atoms with Crippen LogP contribution in [-0.4, -0.2) is 21.4 Å². The monoisotopic (exact) mass is 452 g/mol. The van der Waals surface area contributed by atoms with Gasteiger partial charge in [-0.2, -0.15) is 19.1 Å². The molecule has 0 saturated heterocycles. The van der Waals surface area contributed by atoms with Gasteiger partial charge in [-0.05, 0) is 56.7 Å². The Bertz CT molecular complexity index is 1180. The van der Waals surface area contributed by atoms with Gasteiger partial charge in [-0.3, -0.25) is 9.48 Å². The van der Waals surface area contributed by atoms with Crippen LogP contribution in [0.2, 0.25) is 0 Å². The Balaban J connectivity index is 1.78. The number of nitriles is 1. The summed E-state index contributed by atoms with van der Waals surface area (Å²) < 4.78 is 26.7. The number of carbonyl (C=O) groups excluding carboxylic acids is 1. The van der Waals surface area contributed by atoms with Crippen molar-refractivity contribution in [2.45, 2.75) is 38.0 Å². The van der Waals surface area contributed by atoms with Crippen molar-refractivity contribution in [1.82, 2.24) is 9.78 Å². The number of aromatic nitrogens is 2. The molecule has 0 atom stereocenters. The van der Waals surface area contributed by atoms with E-state index in [0.29, 0.717) is 40.1 Å². The van der Waals surface area contributed by atoms with E-state index in [1.54, 1.807) is 0 Å². The smallest absolute Gasteiger partial charge is 0.288 e. The summed E-state index contributed by atoms with van der Waals surface area (Å²) in [6, 6.07) is 16.1. The zero-order valence-corrected chi connectivity index (χ0v) is 18.7. The van der Waals surface area contributed by atoms with Gasteiger partial charge in [0.15, 0.2) is 0 Å². The lowest BCUT2D eigenvalue weighted by Crippen LogP contribution is -2.13. The normalized spacial score (nSPS) is 11.5. The lowest BCUT2D eigenvalue weighted by molar-refractivity contribution is -0.112. The summed E-state index contributed by atoms with van der Waals surface area (Å²) in [7, 11) is 0. The maximum Gasteiger partial charge on any atom is 0.288 e. The lowest BCUT2D eigenvalue weighted by atomic mass is 10.1. The number of anilines is 1. The fraction of sp³-hybridized carbons (Fsp3) is 0.208. The van der Waals surface area contributed by atoms with Crippen LogP contribution in [0.4, 0.5) is 14.5 Å². The number of alkyl halides is 2. The van der Waals surface area contributed by atoms with Crippen molar-refractivity contribution in [1.29, 1.82) is 5.26 Å². The van der Waals surface area contributed by atoms with Crippen molar-refractivity contribution in [2.75, 3.05) is 5.32 Å². The number of halogens is 2. The Morgan fingerprint density at radius 3 is 2.41 bits per heavy atom. The van der Waals surface area contributed by atoms with Gasteiger partial charge >= 0.3 is 0 Å². The average Bonchev–Trinajstić information content (AvgIpc) is 3.01. The molecule has 0 radical (unpaired) electrons. The van der Waals surface area contributed by atoms with Gasteiger partial charge in [0.05, 0.1) is 12.2 Å². The number of amides is 1. The van der Waals surface area contributed by atoms with E-state index in [1.165, 1.54) is 35.9 Å². The zero-order valence-electron chi connectivity index (χ0n) is 17.9. The van der Waals surface area contributed by atoms with E-state index in [1.807, 2.05) is 55.8 Å². The first-order valence-corrected chi connectivity index (χ1v) is 10.7. The molecule has 0 spiro atoms. The molecule has 1 aromatic heterocycles. The van der Waals surface area contributed by atoms with Gasteiger partial charge < -0.3 is 5.32 Å². The van der Waals surface area contributed by atoms with Gasteiger partial charge in [-0.15, -0.1) is 0 Å². The molecule has 2 aromatic carbocycles. The molecular formula is C24H22F2N4OS. The Morgan fingerprint density at radius 1 is 1.16 bits per heavy atom. The van der Waals surface area contributed by atoms with Crippen LogP contribution < -0.4 is 5.32 Å². The number of carbonyl (C=O) groups is 1. The number of hydrogen-bond donors (Lipinski definition) is 1. The van der Waals surface area contributed by atoms with Crippen molar-refractivity contribution in [2.24, 2.45) is 0 Å². The summed E-state index contributed by atoms with van der Waals surface area (Å²) in [5, 5.41) is 16.7. The van der Waals surface area contributed by atoms with E-state index < -0.39 is 11.7 Å². The zero-order chi connectivity index (χ0) is 23.3. The van der Waals surface area contributed by atoms with Gasteiger partial charge in [0.2, 0.25) is 0 Å². The molecular weight excluding hydrogens is 430 g/mol. The van der Waals surface area contributed by atoms with Crippen LogP contribution in [0.1, 0.15) is 28.1 Å². The molecule has 0 saturated carbocycles.